The fraction of sp³-hybridized carbons (Fsp3) is 0.500. The van der Waals surface area contributed by atoms with Gasteiger partial charge in [-0.3, -0.25) is 4.79 Å². The molecule has 0 spiro atoms. The molecule has 0 saturated heterocycles. The van der Waals surface area contributed by atoms with Crippen molar-refractivity contribution in [2.24, 2.45) is 0 Å². The summed E-state index contributed by atoms with van der Waals surface area (Å²) in [6.45, 7) is 1.83. The topological polar surface area (TPSA) is 65.0 Å². The van der Waals surface area contributed by atoms with Crippen LogP contribution in [-0.4, -0.2) is 31.4 Å². The SMILES string of the molecule is COC(=O)C[C@@H]1O[C@H](C)c2c(OC)ccc(Cl)c2[C@@H]1O. The van der Waals surface area contributed by atoms with Crippen LogP contribution in [-0.2, 0) is 14.3 Å². The van der Waals surface area contributed by atoms with E-state index >= 15 is 0 Å². The predicted molar refractivity (Wildman–Crippen MR) is 72.9 cm³/mol. The van der Waals surface area contributed by atoms with E-state index in [1.54, 1.807) is 19.2 Å². The van der Waals surface area contributed by atoms with Crippen LogP contribution < -0.4 is 4.74 Å². The molecule has 6 heteroatoms. The second-order valence-electron chi connectivity index (χ2n) is 4.62. The van der Waals surface area contributed by atoms with E-state index in [-0.39, 0.29) is 12.5 Å². The predicted octanol–water partition coefficient (Wildman–Crippen LogP) is 2.40. The van der Waals surface area contributed by atoms with Gasteiger partial charge in [0.1, 0.15) is 11.9 Å². The number of aliphatic hydroxyl groups excluding tert-OH is 1. The van der Waals surface area contributed by atoms with E-state index in [2.05, 4.69) is 4.74 Å². The monoisotopic (exact) mass is 300 g/mol. The van der Waals surface area contributed by atoms with Crippen LogP contribution in [0.1, 0.15) is 36.7 Å². The van der Waals surface area contributed by atoms with E-state index in [4.69, 9.17) is 21.1 Å². The average Bonchev–Trinajstić information content (AvgIpc) is 2.44. The second-order valence-corrected chi connectivity index (χ2v) is 5.03. The first-order valence-corrected chi connectivity index (χ1v) is 6.64. The van der Waals surface area contributed by atoms with Gasteiger partial charge >= 0.3 is 5.97 Å². The van der Waals surface area contributed by atoms with Crippen molar-refractivity contribution in [2.45, 2.75) is 31.7 Å². The molecule has 0 unspecified atom stereocenters. The van der Waals surface area contributed by atoms with Crippen LogP contribution in [0.5, 0.6) is 5.75 Å². The van der Waals surface area contributed by atoms with E-state index < -0.39 is 18.2 Å². The normalized spacial score (nSPS) is 24.9. The average molecular weight is 301 g/mol. The Morgan fingerprint density at radius 2 is 2.10 bits per heavy atom. The summed E-state index contributed by atoms with van der Waals surface area (Å²) in [5.41, 5.74) is 1.27. The number of hydrogen-bond acceptors (Lipinski definition) is 5. The molecule has 1 aromatic carbocycles. The highest BCUT2D eigenvalue weighted by Crippen LogP contribution is 2.45. The molecule has 1 heterocycles. The molecule has 0 bridgehead atoms. The maximum absolute atomic E-state index is 11.4. The lowest BCUT2D eigenvalue weighted by Gasteiger charge is -2.35. The van der Waals surface area contributed by atoms with Gasteiger partial charge in [0.05, 0.1) is 32.8 Å². The molecule has 0 saturated carbocycles. The van der Waals surface area contributed by atoms with Gasteiger partial charge in [0, 0.05) is 16.1 Å². The molecule has 1 aliphatic rings. The van der Waals surface area contributed by atoms with E-state index in [1.807, 2.05) is 6.92 Å². The third-order valence-corrected chi connectivity index (χ3v) is 3.77. The van der Waals surface area contributed by atoms with Crippen molar-refractivity contribution < 1.29 is 24.1 Å². The van der Waals surface area contributed by atoms with Crippen LogP contribution >= 0.6 is 11.6 Å². The zero-order valence-electron chi connectivity index (χ0n) is 11.6. The molecule has 0 aromatic heterocycles. The molecule has 1 aromatic rings. The summed E-state index contributed by atoms with van der Waals surface area (Å²) in [7, 11) is 2.84. The fourth-order valence-corrected chi connectivity index (χ4v) is 2.76. The first-order valence-electron chi connectivity index (χ1n) is 6.26. The zero-order chi connectivity index (χ0) is 14.9. The minimum atomic E-state index is -0.997. The highest BCUT2D eigenvalue weighted by molar-refractivity contribution is 6.31. The molecule has 0 amide bonds. The van der Waals surface area contributed by atoms with Crippen molar-refractivity contribution in [1.29, 1.82) is 0 Å². The zero-order valence-corrected chi connectivity index (χ0v) is 12.3. The van der Waals surface area contributed by atoms with Crippen molar-refractivity contribution in [3.8, 4) is 5.75 Å². The lowest BCUT2D eigenvalue weighted by molar-refractivity contribution is -0.151. The second kappa shape index (κ2) is 5.99. The lowest BCUT2D eigenvalue weighted by atomic mass is 9.90. The van der Waals surface area contributed by atoms with Crippen molar-refractivity contribution in [3.05, 3.63) is 28.3 Å². The minimum absolute atomic E-state index is 0.0328. The Kier molecular flexibility index (Phi) is 4.52. The van der Waals surface area contributed by atoms with Crippen molar-refractivity contribution in [2.75, 3.05) is 14.2 Å². The van der Waals surface area contributed by atoms with Crippen molar-refractivity contribution >= 4 is 17.6 Å². The third kappa shape index (κ3) is 2.61. The fourth-order valence-electron chi connectivity index (χ4n) is 2.49. The van der Waals surface area contributed by atoms with E-state index in [1.165, 1.54) is 7.11 Å². The van der Waals surface area contributed by atoms with Gasteiger partial charge in [0.15, 0.2) is 0 Å². The maximum atomic E-state index is 11.4. The highest BCUT2D eigenvalue weighted by Gasteiger charge is 2.37. The van der Waals surface area contributed by atoms with E-state index in [0.717, 1.165) is 0 Å². The summed E-state index contributed by atoms with van der Waals surface area (Å²) in [6.07, 6.45) is -2.05. The molecule has 0 aliphatic carbocycles. The van der Waals surface area contributed by atoms with Gasteiger partial charge in [0.2, 0.25) is 0 Å². The van der Waals surface area contributed by atoms with Gasteiger partial charge in [-0.05, 0) is 19.1 Å². The summed E-state index contributed by atoms with van der Waals surface area (Å²) in [4.78, 5) is 11.4. The van der Waals surface area contributed by atoms with Crippen LogP contribution in [0.2, 0.25) is 5.02 Å². The van der Waals surface area contributed by atoms with E-state index in [9.17, 15) is 9.90 Å². The first-order chi connectivity index (χ1) is 9.49. The van der Waals surface area contributed by atoms with Crippen LogP contribution in [0.25, 0.3) is 0 Å². The van der Waals surface area contributed by atoms with Crippen LogP contribution in [0.3, 0.4) is 0 Å². The highest BCUT2D eigenvalue weighted by atomic mass is 35.5. The molecule has 5 nitrogen and oxygen atoms in total. The van der Waals surface area contributed by atoms with Crippen LogP contribution in [0, 0.1) is 0 Å². The molecule has 0 fully saturated rings. The summed E-state index contributed by atoms with van der Waals surface area (Å²) < 4.78 is 15.6. The van der Waals surface area contributed by atoms with Crippen LogP contribution in [0.4, 0.5) is 0 Å². The number of aliphatic hydroxyl groups is 1. The number of ether oxygens (including phenoxy) is 3. The van der Waals surface area contributed by atoms with Crippen LogP contribution in [0.15, 0.2) is 12.1 Å². The van der Waals surface area contributed by atoms with Gasteiger partial charge < -0.3 is 19.3 Å². The molecular weight excluding hydrogens is 284 g/mol. The van der Waals surface area contributed by atoms with Gasteiger partial charge in [-0.1, -0.05) is 11.6 Å². The third-order valence-electron chi connectivity index (χ3n) is 3.44. The summed E-state index contributed by atoms with van der Waals surface area (Å²) in [5.74, 6) is 0.163. The number of carbonyl (C=O) groups excluding carboxylic acids is 1. The Hall–Kier alpha value is -1.30. The summed E-state index contributed by atoms with van der Waals surface area (Å²) in [6, 6.07) is 3.39. The Morgan fingerprint density at radius 3 is 2.70 bits per heavy atom. The molecule has 110 valence electrons. The number of rotatable bonds is 3. The van der Waals surface area contributed by atoms with Gasteiger partial charge in [-0.2, -0.15) is 0 Å². The number of hydrogen-bond donors (Lipinski definition) is 1. The van der Waals surface area contributed by atoms with E-state index in [0.29, 0.717) is 21.9 Å². The van der Waals surface area contributed by atoms with Crippen molar-refractivity contribution in [1.82, 2.24) is 0 Å². The molecule has 2 rings (SSSR count). The summed E-state index contributed by atoms with van der Waals surface area (Å²) >= 11 is 6.18. The Morgan fingerprint density at radius 1 is 1.40 bits per heavy atom. The molecule has 20 heavy (non-hydrogen) atoms. The number of methoxy groups -OCH3 is 2. The Bertz CT molecular complexity index is 517. The lowest BCUT2D eigenvalue weighted by Crippen LogP contribution is -2.32. The smallest absolute Gasteiger partial charge is 0.308 e. The number of halogens is 1. The number of fused-ring (bicyclic) bond motifs is 1. The van der Waals surface area contributed by atoms with Gasteiger partial charge in [0.25, 0.3) is 0 Å². The molecule has 1 aliphatic heterocycles. The van der Waals surface area contributed by atoms with Crippen molar-refractivity contribution in [3.63, 3.8) is 0 Å². The Labute approximate surface area is 122 Å². The maximum Gasteiger partial charge on any atom is 0.308 e. The quantitative estimate of drug-likeness (QED) is 0.868. The van der Waals surface area contributed by atoms with Gasteiger partial charge in [-0.25, -0.2) is 0 Å². The Balaban J connectivity index is 2.42. The molecule has 3 atom stereocenters. The number of benzene rings is 1. The first kappa shape index (κ1) is 15.1. The van der Waals surface area contributed by atoms with Gasteiger partial charge in [-0.15, -0.1) is 0 Å². The molecule has 0 radical (unpaired) electrons. The standard InChI is InChI=1S/C14H17ClO5/c1-7-12-9(18-2)5-4-8(15)13(12)14(17)10(20-7)6-11(16)19-3/h4-5,7,10,14,17H,6H2,1-3H3/t7-,10+,14-/m1/s1. The minimum Gasteiger partial charge on any atom is -0.496 e. The summed E-state index contributed by atoms with van der Waals surface area (Å²) in [5, 5.41) is 10.8. The largest absolute Gasteiger partial charge is 0.496 e. The molecule has 1 N–H and O–H groups in total. The molecular formula is C14H17ClO5. The number of esters is 1. The number of carbonyl (C=O) groups is 1.